The van der Waals surface area contributed by atoms with Gasteiger partial charge in [0, 0.05) is 31.1 Å². The third-order valence-corrected chi connectivity index (χ3v) is 5.08. The molecule has 3 rings (SSSR count). The van der Waals surface area contributed by atoms with E-state index in [2.05, 4.69) is 14.9 Å². The lowest BCUT2D eigenvalue weighted by atomic mass is 10.2. The van der Waals surface area contributed by atoms with Crippen molar-refractivity contribution < 1.29 is 19.0 Å². The molecule has 2 heterocycles. The van der Waals surface area contributed by atoms with E-state index in [9.17, 15) is 4.79 Å². The minimum absolute atomic E-state index is 0.0942. The van der Waals surface area contributed by atoms with Crippen LogP contribution in [0.2, 0.25) is 0 Å². The summed E-state index contributed by atoms with van der Waals surface area (Å²) in [5.74, 6) is 1.54. The van der Waals surface area contributed by atoms with Crippen LogP contribution in [-0.2, 0) is 16.1 Å². The van der Waals surface area contributed by atoms with E-state index < -0.39 is 0 Å². The van der Waals surface area contributed by atoms with Gasteiger partial charge in [-0.3, -0.25) is 4.79 Å². The molecule has 0 bridgehead atoms. The first kappa shape index (κ1) is 18.6. The Morgan fingerprint density at radius 1 is 1.31 bits per heavy atom. The largest absolute Gasteiger partial charge is 0.486 e. The molecule has 1 amide bonds. The maximum Gasteiger partial charge on any atom is 0.234 e. The van der Waals surface area contributed by atoms with E-state index in [1.54, 1.807) is 19.2 Å². The molecule has 1 aromatic heterocycles. The van der Waals surface area contributed by atoms with Gasteiger partial charge in [0.05, 0.1) is 18.1 Å². The lowest BCUT2D eigenvalue weighted by molar-refractivity contribution is -0.113. The van der Waals surface area contributed by atoms with Crippen LogP contribution in [0.4, 0.5) is 5.69 Å². The molecule has 140 valence electrons. The van der Waals surface area contributed by atoms with Gasteiger partial charge in [-0.1, -0.05) is 11.8 Å². The fraction of sp³-hybridized carbons (Fsp3) is 0.444. The van der Waals surface area contributed by atoms with Gasteiger partial charge in [-0.25, -0.2) is 4.98 Å². The number of carbonyl (C=O) groups is 1. The SMILES string of the molecule is COCCn1c(SCC(=O)Nc2ccc3c(c2)OCCO3)nc(C)c1C. The molecular formula is C18H23N3O4S. The number of benzene rings is 1. The van der Waals surface area contributed by atoms with Gasteiger partial charge < -0.3 is 24.1 Å². The summed E-state index contributed by atoms with van der Waals surface area (Å²) in [5, 5.41) is 3.72. The number of nitrogens with one attached hydrogen (secondary N) is 1. The third-order valence-electron chi connectivity index (χ3n) is 4.10. The highest BCUT2D eigenvalue weighted by Gasteiger charge is 2.15. The Labute approximate surface area is 157 Å². The number of aromatic nitrogens is 2. The molecule has 0 fully saturated rings. The topological polar surface area (TPSA) is 74.6 Å². The Balaban J connectivity index is 1.60. The third kappa shape index (κ3) is 4.31. The van der Waals surface area contributed by atoms with Gasteiger partial charge in [-0.05, 0) is 26.0 Å². The second kappa shape index (κ2) is 8.46. The molecule has 8 heteroatoms. The Kier molecular flexibility index (Phi) is 6.05. The first-order valence-electron chi connectivity index (χ1n) is 8.43. The van der Waals surface area contributed by atoms with Crippen molar-refractivity contribution in [1.82, 2.24) is 9.55 Å². The maximum atomic E-state index is 12.3. The van der Waals surface area contributed by atoms with E-state index in [4.69, 9.17) is 14.2 Å². The number of hydrogen-bond donors (Lipinski definition) is 1. The summed E-state index contributed by atoms with van der Waals surface area (Å²) in [4.78, 5) is 16.9. The van der Waals surface area contributed by atoms with E-state index in [0.29, 0.717) is 37.0 Å². The Bertz CT molecular complexity index is 791. The lowest BCUT2D eigenvalue weighted by Gasteiger charge is -2.19. The van der Waals surface area contributed by atoms with Crippen molar-refractivity contribution in [3.63, 3.8) is 0 Å². The number of carbonyl (C=O) groups excluding carboxylic acids is 1. The number of rotatable bonds is 7. The summed E-state index contributed by atoms with van der Waals surface area (Å²) >= 11 is 1.42. The van der Waals surface area contributed by atoms with Crippen molar-refractivity contribution in [1.29, 1.82) is 0 Å². The second-order valence-corrected chi connectivity index (χ2v) is 6.85. The van der Waals surface area contributed by atoms with Crippen LogP contribution in [0.25, 0.3) is 0 Å². The number of hydrogen-bond acceptors (Lipinski definition) is 6. The lowest BCUT2D eigenvalue weighted by Crippen LogP contribution is -2.17. The summed E-state index contributed by atoms with van der Waals surface area (Å²) in [6.45, 7) is 6.38. The number of aryl methyl sites for hydroxylation is 1. The van der Waals surface area contributed by atoms with Gasteiger partial charge in [-0.2, -0.15) is 0 Å². The van der Waals surface area contributed by atoms with Crippen LogP contribution in [0.1, 0.15) is 11.4 Å². The highest BCUT2D eigenvalue weighted by molar-refractivity contribution is 7.99. The molecule has 0 radical (unpaired) electrons. The molecule has 7 nitrogen and oxygen atoms in total. The van der Waals surface area contributed by atoms with Gasteiger partial charge in [0.25, 0.3) is 0 Å². The predicted molar refractivity (Wildman–Crippen MR) is 100 cm³/mol. The van der Waals surface area contributed by atoms with Crippen molar-refractivity contribution in [2.24, 2.45) is 0 Å². The number of methoxy groups -OCH3 is 1. The van der Waals surface area contributed by atoms with Gasteiger partial charge in [0.15, 0.2) is 16.7 Å². The number of nitrogens with zero attached hydrogens (tertiary/aromatic N) is 2. The van der Waals surface area contributed by atoms with Gasteiger partial charge in [0.2, 0.25) is 5.91 Å². The molecule has 0 unspecified atom stereocenters. The van der Waals surface area contributed by atoms with Crippen LogP contribution in [0, 0.1) is 13.8 Å². The van der Waals surface area contributed by atoms with Crippen LogP contribution >= 0.6 is 11.8 Å². The maximum absolute atomic E-state index is 12.3. The van der Waals surface area contributed by atoms with Crippen LogP contribution < -0.4 is 14.8 Å². The highest BCUT2D eigenvalue weighted by atomic mass is 32.2. The zero-order chi connectivity index (χ0) is 18.5. The van der Waals surface area contributed by atoms with Crippen LogP contribution in [-0.4, -0.2) is 48.1 Å². The fourth-order valence-electron chi connectivity index (χ4n) is 2.63. The molecule has 26 heavy (non-hydrogen) atoms. The van der Waals surface area contributed by atoms with E-state index in [-0.39, 0.29) is 11.7 Å². The molecule has 1 aliphatic rings. The predicted octanol–water partition coefficient (Wildman–Crippen LogP) is 2.65. The van der Waals surface area contributed by atoms with E-state index >= 15 is 0 Å². The molecular weight excluding hydrogens is 354 g/mol. The zero-order valence-electron chi connectivity index (χ0n) is 15.2. The minimum Gasteiger partial charge on any atom is -0.486 e. The number of anilines is 1. The molecule has 0 aliphatic carbocycles. The summed E-state index contributed by atoms with van der Waals surface area (Å²) in [7, 11) is 1.67. The molecule has 0 spiro atoms. The monoisotopic (exact) mass is 377 g/mol. The number of fused-ring (bicyclic) bond motifs is 1. The molecule has 1 aliphatic heterocycles. The van der Waals surface area contributed by atoms with E-state index in [0.717, 1.165) is 23.1 Å². The van der Waals surface area contributed by atoms with Crippen molar-refractivity contribution in [2.75, 3.05) is 38.0 Å². The number of thioether (sulfide) groups is 1. The van der Waals surface area contributed by atoms with Crippen LogP contribution in [0.5, 0.6) is 11.5 Å². The van der Waals surface area contributed by atoms with Gasteiger partial charge in [-0.15, -0.1) is 0 Å². The van der Waals surface area contributed by atoms with Crippen molar-refractivity contribution in [3.05, 3.63) is 29.6 Å². The molecule has 2 aromatic rings. The molecule has 0 atom stereocenters. The van der Waals surface area contributed by atoms with Crippen molar-refractivity contribution in [3.8, 4) is 11.5 Å². The summed E-state index contributed by atoms with van der Waals surface area (Å²) in [6, 6.07) is 5.40. The number of imidazole rings is 1. The average Bonchev–Trinajstić information content (AvgIpc) is 2.92. The molecule has 0 saturated heterocycles. The summed E-state index contributed by atoms with van der Waals surface area (Å²) in [5.41, 5.74) is 2.75. The minimum atomic E-state index is -0.0942. The zero-order valence-corrected chi connectivity index (χ0v) is 16.0. The summed E-state index contributed by atoms with van der Waals surface area (Å²) < 4.78 is 18.3. The van der Waals surface area contributed by atoms with E-state index in [1.807, 2.05) is 19.9 Å². The number of ether oxygens (including phenoxy) is 3. The second-order valence-electron chi connectivity index (χ2n) is 5.90. The summed E-state index contributed by atoms with van der Waals surface area (Å²) in [6.07, 6.45) is 0. The van der Waals surface area contributed by atoms with Crippen molar-refractivity contribution in [2.45, 2.75) is 25.5 Å². The first-order chi connectivity index (χ1) is 12.6. The molecule has 1 N–H and O–H groups in total. The normalized spacial score (nSPS) is 12.9. The highest BCUT2D eigenvalue weighted by Crippen LogP contribution is 2.32. The van der Waals surface area contributed by atoms with E-state index in [1.165, 1.54) is 11.8 Å². The average molecular weight is 377 g/mol. The Morgan fingerprint density at radius 3 is 2.85 bits per heavy atom. The standard InChI is InChI=1S/C18H23N3O4S/c1-12-13(2)21(6-7-23-3)18(19-12)26-11-17(22)20-14-4-5-15-16(10-14)25-9-8-24-15/h4-5,10H,6-9,11H2,1-3H3,(H,20,22). The Hall–Kier alpha value is -2.19. The molecule has 0 saturated carbocycles. The van der Waals surface area contributed by atoms with Gasteiger partial charge in [0.1, 0.15) is 13.2 Å². The fourth-order valence-corrected chi connectivity index (χ4v) is 3.55. The quantitative estimate of drug-likeness (QED) is 0.748. The van der Waals surface area contributed by atoms with Crippen LogP contribution in [0.15, 0.2) is 23.4 Å². The smallest absolute Gasteiger partial charge is 0.234 e. The first-order valence-corrected chi connectivity index (χ1v) is 9.42. The number of amides is 1. The van der Waals surface area contributed by atoms with Crippen LogP contribution in [0.3, 0.4) is 0 Å². The molecule has 1 aromatic carbocycles. The van der Waals surface area contributed by atoms with Gasteiger partial charge >= 0.3 is 0 Å². The van der Waals surface area contributed by atoms with Crippen molar-refractivity contribution >= 4 is 23.4 Å². The Morgan fingerprint density at radius 2 is 2.08 bits per heavy atom.